The molecule has 3 rings (SSSR count). The van der Waals surface area contributed by atoms with Gasteiger partial charge in [0.1, 0.15) is 0 Å². The molecule has 0 unspecified atom stereocenters. The fourth-order valence-electron chi connectivity index (χ4n) is 3.01. The molecular formula is C18H25ClN4O4S. The normalized spacial score (nSPS) is 18.1. The van der Waals surface area contributed by atoms with E-state index in [0.29, 0.717) is 43.8 Å². The molecule has 2 N–H and O–H groups in total. The Morgan fingerprint density at radius 3 is 2.32 bits per heavy atom. The van der Waals surface area contributed by atoms with Crippen molar-refractivity contribution in [1.29, 1.82) is 0 Å². The van der Waals surface area contributed by atoms with Gasteiger partial charge < -0.3 is 10.2 Å². The highest BCUT2D eigenvalue weighted by Gasteiger charge is 2.26. The summed E-state index contributed by atoms with van der Waals surface area (Å²) >= 11 is 5.77. The van der Waals surface area contributed by atoms with Crippen molar-refractivity contribution in [3.8, 4) is 0 Å². The molecule has 1 saturated heterocycles. The molecule has 2 aliphatic rings. The third-order valence-corrected chi connectivity index (χ3v) is 6.52. The summed E-state index contributed by atoms with van der Waals surface area (Å²) < 4.78 is 26.9. The van der Waals surface area contributed by atoms with E-state index >= 15 is 0 Å². The molecule has 154 valence electrons. The van der Waals surface area contributed by atoms with Crippen molar-refractivity contribution in [2.45, 2.75) is 30.2 Å². The van der Waals surface area contributed by atoms with Crippen molar-refractivity contribution in [2.75, 3.05) is 39.3 Å². The van der Waals surface area contributed by atoms with Gasteiger partial charge in [0, 0.05) is 50.2 Å². The number of hydrogen-bond acceptors (Lipinski definition) is 5. The minimum atomic E-state index is -3.66. The van der Waals surface area contributed by atoms with Crippen LogP contribution < -0.4 is 10.0 Å². The number of sulfonamides is 1. The van der Waals surface area contributed by atoms with Crippen molar-refractivity contribution in [3.63, 3.8) is 0 Å². The summed E-state index contributed by atoms with van der Waals surface area (Å²) in [5.41, 5.74) is 0. The third kappa shape index (κ3) is 6.16. The second-order valence-corrected chi connectivity index (χ2v) is 9.30. The Kier molecular flexibility index (Phi) is 6.92. The van der Waals surface area contributed by atoms with Crippen LogP contribution in [0.5, 0.6) is 0 Å². The molecule has 2 fully saturated rings. The summed E-state index contributed by atoms with van der Waals surface area (Å²) in [5, 5.41) is 3.42. The average Bonchev–Trinajstić information content (AvgIpc) is 3.46. The van der Waals surface area contributed by atoms with Crippen molar-refractivity contribution >= 4 is 33.4 Å². The Hall–Kier alpha value is -1.68. The summed E-state index contributed by atoms with van der Waals surface area (Å²) in [7, 11) is -3.66. The van der Waals surface area contributed by atoms with Crippen LogP contribution in [0, 0.1) is 0 Å². The predicted octanol–water partition coefficient (Wildman–Crippen LogP) is 0.431. The van der Waals surface area contributed by atoms with Gasteiger partial charge in [0.05, 0.1) is 11.4 Å². The molecule has 0 aromatic heterocycles. The average molecular weight is 429 g/mol. The lowest BCUT2D eigenvalue weighted by molar-refractivity contribution is -0.133. The Morgan fingerprint density at radius 2 is 1.71 bits per heavy atom. The van der Waals surface area contributed by atoms with Crippen LogP contribution in [0.3, 0.4) is 0 Å². The van der Waals surface area contributed by atoms with Crippen LogP contribution in [-0.4, -0.2) is 75.3 Å². The Morgan fingerprint density at radius 1 is 1.07 bits per heavy atom. The van der Waals surface area contributed by atoms with Gasteiger partial charge in [-0.15, -0.1) is 0 Å². The van der Waals surface area contributed by atoms with Crippen LogP contribution in [0.1, 0.15) is 19.3 Å². The SMILES string of the molecule is O=C(CN1CCN(C(=O)CCNS(=O)(=O)c2ccc(Cl)cc2)CC1)NC1CC1. The number of nitrogens with one attached hydrogen (secondary N) is 2. The van der Waals surface area contributed by atoms with Crippen molar-refractivity contribution in [1.82, 2.24) is 19.8 Å². The number of carbonyl (C=O) groups excluding carboxylic acids is 2. The first-order chi connectivity index (χ1) is 13.3. The zero-order valence-electron chi connectivity index (χ0n) is 15.6. The zero-order chi connectivity index (χ0) is 20.1. The van der Waals surface area contributed by atoms with E-state index in [1.54, 1.807) is 4.90 Å². The van der Waals surface area contributed by atoms with Crippen molar-refractivity contribution < 1.29 is 18.0 Å². The number of amides is 2. The molecule has 1 saturated carbocycles. The van der Waals surface area contributed by atoms with E-state index < -0.39 is 10.0 Å². The Balaban J connectivity index is 1.37. The summed E-state index contributed by atoms with van der Waals surface area (Å²) in [6.07, 6.45) is 2.22. The number of halogens is 1. The molecular weight excluding hydrogens is 404 g/mol. The number of rotatable bonds is 8. The van der Waals surface area contributed by atoms with E-state index in [0.717, 1.165) is 12.8 Å². The minimum absolute atomic E-state index is 0.0355. The highest BCUT2D eigenvalue weighted by atomic mass is 35.5. The number of hydrogen-bond donors (Lipinski definition) is 2. The van der Waals surface area contributed by atoms with Gasteiger partial charge >= 0.3 is 0 Å². The van der Waals surface area contributed by atoms with Crippen molar-refractivity contribution in [3.05, 3.63) is 29.3 Å². The standard InChI is InChI=1S/C18H25ClN4O4S/c19-14-1-5-16(6-2-14)28(26,27)20-8-7-18(25)23-11-9-22(10-12-23)13-17(24)21-15-3-4-15/h1-2,5-6,15,20H,3-4,7-13H2,(H,21,24). The molecule has 8 nitrogen and oxygen atoms in total. The first-order valence-corrected chi connectivity index (χ1v) is 11.2. The zero-order valence-corrected chi connectivity index (χ0v) is 17.1. The van der Waals surface area contributed by atoms with Gasteiger partial charge in [-0.2, -0.15) is 0 Å². The fraction of sp³-hybridized carbons (Fsp3) is 0.556. The molecule has 1 heterocycles. The topological polar surface area (TPSA) is 98.8 Å². The van der Waals surface area contributed by atoms with Crippen LogP contribution in [-0.2, 0) is 19.6 Å². The van der Waals surface area contributed by atoms with Crippen molar-refractivity contribution in [2.24, 2.45) is 0 Å². The van der Waals surface area contributed by atoms with Gasteiger partial charge in [-0.1, -0.05) is 11.6 Å². The lowest BCUT2D eigenvalue weighted by atomic mass is 10.2. The van der Waals surface area contributed by atoms with Crippen LogP contribution in [0.4, 0.5) is 0 Å². The molecule has 2 amide bonds. The fourth-order valence-corrected chi connectivity index (χ4v) is 4.16. The maximum absolute atomic E-state index is 12.3. The molecule has 0 bridgehead atoms. The molecule has 1 aliphatic heterocycles. The largest absolute Gasteiger partial charge is 0.352 e. The van der Waals surface area contributed by atoms with Crippen LogP contribution in [0.2, 0.25) is 5.02 Å². The second-order valence-electron chi connectivity index (χ2n) is 7.10. The van der Waals surface area contributed by atoms with E-state index in [9.17, 15) is 18.0 Å². The maximum Gasteiger partial charge on any atom is 0.240 e. The highest BCUT2D eigenvalue weighted by molar-refractivity contribution is 7.89. The van der Waals surface area contributed by atoms with Gasteiger partial charge in [0.25, 0.3) is 0 Å². The molecule has 0 radical (unpaired) electrons. The Bertz CT molecular complexity index is 803. The predicted molar refractivity (Wildman–Crippen MR) is 105 cm³/mol. The third-order valence-electron chi connectivity index (χ3n) is 4.79. The molecule has 1 aromatic carbocycles. The van der Waals surface area contributed by atoms with Crippen LogP contribution >= 0.6 is 11.6 Å². The number of carbonyl (C=O) groups is 2. The molecule has 0 atom stereocenters. The summed E-state index contributed by atoms with van der Waals surface area (Å²) in [5.74, 6) is -0.0558. The van der Waals surface area contributed by atoms with E-state index in [-0.39, 0.29) is 29.7 Å². The molecule has 0 spiro atoms. The minimum Gasteiger partial charge on any atom is -0.352 e. The van der Waals surface area contributed by atoms with Gasteiger partial charge in [-0.25, -0.2) is 13.1 Å². The monoisotopic (exact) mass is 428 g/mol. The van der Waals surface area contributed by atoms with E-state index in [2.05, 4.69) is 10.0 Å². The lowest BCUT2D eigenvalue weighted by Crippen LogP contribution is -2.51. The number of nitrogens with zero attached hydrogens (tertiary/aromatic N) is 2. The first-order valence-electron chi connectivity index (χ1n) is 9.38. The Labute approximate surface area is 170 Å². The van der Waals surface area contributed by atoms with Crippen LogP contribution in [0.15, 0.2) is 29.2 Å². The second kappa shape index (κ2) is 9.21. The summed E-state index contributed by atoms with van der Waals surface area (Å²) in [6.45, 7) is 2.76. The number of piperazine rings is 1. The van der Waals surface area contributed by atoms with Gasteiger partial charge in [0.2, 0.25) is 21.8 Å². The summed E-state index contributed by atoms with van der Waals surface area (Å²) in [6, 6.07) is 6.21. The van der Waals surface area contributed by atoms with E-state index in [1.165, 1.54) is 24.3 Å². The molecule has 10 heteroatoms. The van der Waals surface area contributed by atoms with E-state index in [4.69, 9.17) is 11.6 Å². The highest BCUT2D eigenvalue weighted by Crippen LogP contribution is 2.18. The van der Waals surface area contributed by atoms with E-state index in [1.807, 2.05) is 4.90 Å². The van der Waals surface area contributed by atoms with Gasteiger partial charge in [-0.3, -0.25) is 14.5 Å². The molecule has 28 heavy (non-hydrogen) atoms. The molecule has 1 aliphatic carbocycles. The summed E-state index contributed by atoms with van der Waals surface area (Å²) in [4.78, 5) is 28.0. The van der Waals surface area contributed by atoms with Crippen LogP contribution in [0.25, 0.3) is 0 Å². The lowest BCUT2D eigenvalue weighted by Gasteiger charge is -2.34. The van der Waals surface area contributed by atoms with Gasteiger partial charge in [-0.05, 0) is 37.1 Å². The number of benzene rings is 1. The smallest absolute Gasteiger partial charge is 0.240 e. The quantitative estimate of drug-likeness (QED) is 0.625. The maximum atomic E-state index is 12.3. The van der Waals surface area contributed by atoms with Gasteiger partial charge in [0.15, 0.2) is 0 Å². The first kappa shape index (κ1) is 21.0. The molecule has 1 aromatic rings.